The third-order valence-electron chi connectivity index (χ3n) is 4.11. The quantitative estimate of drug-likeness (QED) is 0.655. The maximum atomic E-state index is 13.9. The number of nitrogens with zero attached hydrogens (tertiary/aromatic N) is 1. The molecule has 0 spiro atoms. The van der Waals surface area contributed by atoms with Gasteiger partial charge < -0.3 is 14.1 Å². The van der Waals surface area contributed by atoms with Gasteiger partial charge in [-0.15, -0.1) is 0 Å². The van der Waals surface area contributed by atoms with Crippen molar-refractivity contribution in [2.45, 2.75) is 19.9 Å². The van der Waals surface area contributed by atoms with Crippen molar-refractivity contribution in [1.82, 2.24) is 0 Å². The Morgan fingerprint density at radius 3 is 2.54 bits per heavy atom. The van der Waals surface area contributed by atoms with Crippen molar-refractivity contribution in [2.75, 3.05) is 12.0 Å². The first-order chi connectivity index (χ1) is 12.6. The smallest absolute Gasteiger partial charge is 0.231 e. The number of benzene rings is 2. The van der Waals surface area contributed by atoms with E-state index >= 15 is 0 Å². The van der Waals surface area contributed by atoms with Crippen molar-refractivity contribution >= 4 is 11.6 Å². The summed E-state index contributed by atoms with van der Waals surface area (Å²) in [6, 6.07) is 15.8. The third kappa shape index (κ3) is 4.11. The van der Waals surface area contributed by atoms with Crippen LogP contribution in [0.2, 0.25) is 0 Å². The Morgan fingerprint density at radius 2 is 1.92 bits per heavy atom. The van der Waals surface area contributed by atoms with Crippen LogP contribution in [0.3, 0.4) is 0 Å². The summed E-state index contributed by atoms with van der Waals surface area (Å²) in [5.41, 5.74) is 2.47. The van der Waals surface area contributed by atoms with Crippen LogP contribution in [0.25, 0.3) is 0 Å². The number of halogens is 1. The Kier molecular flexibility index (Phi) is 5.37. The first kappa shape index (κ1) is 17.7. The molecule has 0 bridgehead atoms. The molecule has 0 saturated carbocycles. The average Bonchev–Trinajstić information content (AvgIpc) is 3.14. The molecule has 0 unspecified atom stereocenters. The molecule has 0 fully saturated rings. The number of amides is 1. The molecule has 1 aromatic heterocycles. The van der Waals surface area contributed by atoms with E-state index in [1.54, 1.807) is 23.3 Å². The summed E-state index contributed by atoms with van der Waals surface area (Å²) >= 11 is 0. The van der Waals surface area contributed by atoms with E-state index in [1.807, 2.05) is 37.3 Å². The largest absolute Gasteiger partial charge is 0.494 e. The van der Waals surface area contributed by atoms with Crippen LogP contribution < -0.4 is 9.64 Å². The summed E-state index contributed by atoms with van der Waals surface area (Å²) in [5, 5.41) is 0. The minimum Gasteiger partial charge on any atom is -0.494 e. The summed E-state index contributed by atoms with van der Waals surface area (Å²) in [4.78, 5) is 14.6. The maximum Gasteiger partial charge on any atom is 0.231 e. The lowest BCUT2D eigenvalue weighted by molar-refractivity contribution is -0.118. The van der Waals surface area contributed by atoms with Crippen molar-refractivity contribution in [3.8, 4) is 5.75 Å². The van der Waals surface area contributed by atoms with E-state index < -0.39 is 5.82 Å². The molecule has 3 rings (SSSR count). The monoisotopic (exact) mass is 353 g/mol. The van der Waals surface area contributed by atoms with Gasteiger partial charge in [-0.2, -0.15) is 0 Å². The van der Waals surface area contributed by atoms with Gasteiger partial charge in [-0.05, 0) is 48.9 Å². The second-order valence-electron chi connectivity index (χ2n) is 6.04. The highest BCUT2D eigenvalue weighted by Crippen LogP contribution is 2.22. The maximum absolute atomic E-state index is 13.9. The van der Waals surface area contributed by atoms with E-state index in [1.165, 1.54) is 19.2 Å². The number of carbonyl (C=O) groups excluding carboxylic acids is 1. The van der Waals surface area contributed by atoms with Gasteiger partial charge in [0.05, 0.1) is 26.3 Å². The SMILES string of the molecule is COc1ccc(CC(=O)N(Cc2ccco2)c2ccc(C)cc2)cc1F. The fraction of sp³-hybridized carbons (Fsp3) is 0.190. The first-order valence-electron chi connectivity index (χ1n) is 8.28. The number of rotatable bonds is 6. The van der Waals surface area contributed by atoms with Gasteiger partial charge >= 0.3 is 0 Å². The Morgan fingerprint density at radius 1 is 1.15 bits per heavy atom. The molecule has 1 amide bonds. The van der Waals surface area contributed by atoms with Crippen molar-refractivity contribution in [2.24, 2.45) is 0 Å². The highest BCUT2D eigenvalue weighted by Gasteiger charge is 2.18. The van der Waals surface area contributed by atoms with Crippen molar-refractivity contribution in [3.05, 3.63) is 83.6 Å². The Balaban J connectivity index is 1.84. The van der Waals surface area contributed by atoms with Gasteiger partial charge in [-0.1, -0.05) is 23.8 Å². The molecular formula is C21H20FNO3. The highest BCUT2D eigenvalue weighted by molar-refractivity contribution is 5.94. The summed E-state index contributed by atoms with van der Waals surface area (Å²) in [5.74, 6) is 0.215. The fourth-order valence-corrected chi connectivity index (χ4v) is 2.70. The summed E-state index contributed by atoms with van der Waals surface area (Å²) in [6.45, 7) is 2.30. The van der Waals surface area contributed by atoms with E-state index in [4.69, 9.17) is 9.15 Å². The van der Waals surface area contributed by atoms with Crippen molar-refractivity contribution < 1.29 is 18.3 Å². The number of carbonyl (C=O) groups is 1. The lowest BCUT2D eigenvalue weighted by Gasteiger charge is -2.22. The van der Waals surface area contributed by atoms with Crippen molar-refractivity contribution in [1.29, 1.82) is 0 Å². The molecule has 1 heterocycles. The Bertz CT molecular complexity index is 873. The number of anilines is 1. The van der Waals surface area contributed by atoms with Crippen LogP contribution in [0.4, 0.5) is 10.1 Å². The molecule has 3 aromatic rings. The first-order valence-corrected chi connectivity index (χ1v) is 8.28. The minimum atomic E-state index is -0.481. The van der Waals surface area contributed by atoms with Crippen LogP contribution in [0.1, 0.15) is 16.9 Å². The van der Waals surface area contributed by atoms with Gasteiger partial charge in [0.2, 0.25) is 5.91 Å². The molecule has 0 aliphatic carbocycles. The van der Waals surface area contributed by atoms with Gasteiger partial charge in [-0.25, -0.2) is 4.39 Å². The highest BCUT2D eigenvalue weighted by atomic mass is 19.1. The van der Waals surface area contributed by atoms with E-state index in [-0.39, 0.29) is 18.1 Å². The molecule has 0 radical (unpaired) electrons. The van der Waals surface area contributed by atoms with E-state index in [2.05, 4.69) is 0 Å². The van der Waals surface area contributed by atoms with Gasteiger partial charge in [0.25, 0.3) is 0 Å². The second-order valence-corrected chi connectivity index (χ2v) is 6.04. The van der Waals surface area contributed by atoms with E-state index in [0.29, 0.717) is 17.9 Å². The van der Waals surface area contributed by atoms with Crippen LogP contribution in [-0.2, 0) is 17.8 Å². The van der Waals surface area contributed by atoms with Crippen LogP contribution >= 0.6 is 0 Å². The third-order valence-corrected chi connectivity index (χ3v) is 4.11. The van der Waals surface area contributed by atoms with E-state index in [9.17, 15) is 9.18 Å². The molecule has 26 heavy (non-hydrogen) atoms. The molecule has 4 nitrogen and oxygen atoms in total. The molecule has 2 aromatic carbocycles. The zero-order chi connectivity index (χ0) is 18.5. The molecular weight excluding hydrogens is 333 g/mol. The van der Waals surface area contributed by atoms with Gasteiger partial charge in [0.1, 0.15) is 5.76 Å². The van der Waals surface area contributed by atoms with Crippen LogP contribution in [-0.4, -0.2) is 13.0 Å². The second kappa shape index (κ2) is 7.87. The molecule has 0 saturated heterocycles. The summed E-state index contributed by atoms with van der Waals surface area (Å²) in [7, 11) is 1.41. The predicted molar refractivity (Wildman–Crippen MR) is 97.7 cm³/mol. The number of furan rings is 1. The molecule has 0 aliphatic heterocycles. The van der Waals surface area contributed by atoms with Gasteiger partial charge in [0.15, 0.2) is 11.6 Å². The predicted octanol–water partition coefficient (Wildman–Crippen LogP) is 4.51. The van der Waals surface area contributed by atoms with E-state index in [0.717, 1.165) is 11.3 Å². The normalized spacial score (nSPS) is 10.6. The summed E-state index contributed by atoms with van der Waals surface area (Å²) in [6.07, 6.45) is 1.65. The van der Waals surface area contributed by atoms with Crippen LogP contribution in [0.5, 0.6) is 5.75 Å². The average molecular weight is 353 g/mol. The van der Waals surface area contributed by atoms with Crippen LogP contribution in [0.15, 0.2) is 65.3 Å². The van der Waals surface area contributed by atoms with Gasteiger partial charge in [-0.3, -0.25) is 4.79 Å². The summed E-state index contributed by atoms with van der Waals surface area (Å²) < 4.78 is 24.2. The van der Waals surface area contributed by atoms with Crippen molar-refractivity contribution in [3.63, 3.8) is 0 Å². The minimum absolute atomic E-state index is 0.0789. The Labute approximate surface area is 151 Å². The lowest BCUT2D eigenvalue weighted by atomic mass is 10.1. The van der Waals surface area contributed by atoms with Gasteiger partial charge in [0, 0.05) is 5.69 Å². The fourth-order valence-electron chi connectivity index (χ4n) is 2.70. The Hall–Kier alpha value is -3.08. The number of methoxy groups -OCH3 is 1. The number of ether oxygens (including phenoxy) is 1. The standard InChI is InChI=1S/C21H20FNO3/c1-15-5-8-17(9-6-15)23(14-18-4-3-11-26-18)21(24)13-16-7-10-20(25-2)19(22)12-16/h3-12H,13-14H2,1-2H3. The number of hydrogen-bond acceptors (Lipinski definition) is 3. The topological polar surface area (TPSA) is 42.7 Å². The number of aryl methyl sites for hydroxylation is 1. The molecule has 134 valence electrons. The molecule has 0 aliphatic rings. The van der Waals surface area contributed by atoms with Crippen LogP contribution in [0, 0.1) is 12.7 Å². The zero-order valence-electron chi connectivity index (χ0n) is 14.7. The molecule has 0 atom stereocenters. The molecule has 5 heteroatoms. The zero-order valence-corrected chi connectivity index (χ0v) is 14.7. The lowest BCUT2D eigenvalue weighted by Crippen LogP contribution is -2.31. The molecule has 0 N–H and O–H groups in total. The number of hydrogen-bond donors (Lipinski definition) is 0.